The van der Waals surface area contributed by atoms with Gasteiger partial charge >= 0.3 is 0 Å². The van der Waals surface area contributed by atoms with Crippen molar-refractivity contribution in [1.82, 2.24) is 15.3 Å². The number of hydrogen-bond acceptors (Lipinski definition) is 3. The molecule has 0 unspecified atom stereocenters. The van der Waals surface area contributed by atoms with Crippen molar-refractivity contribution in [2.24, 2.45) is 0 Å². The summed E-state index contributed by atoms with van der Waals surface area (Å²) in [6, 6.07) is 0. The molecule has 1 N–H and O–H groups in total. The van der Waals surface area contributed by atoms with Gasteiger partial charge in [0.25, 0.3) is 0 Å². The first-order valence-electron chi connectivity index (χ1n) is 3.88. The molecule has 1 rings (SSSR count). The van der Waals surface area contributed by atoms with E-state index in [1.54, 1.807) is 6.33 Å². The quantitative estimate of drug-likeness (QED) is 0.641. The summed E-state index contributed by atoms with van der Waals surface area (Å²) >= 11 is 0. The van der Waals surface area contributed by atoms with Crippen molar-refractivity contribution >= 4 is 0 Å². The van der Waals surface area contributed by atoms with Gasteiger partial charge in [-0.15, -0.1) is 0 Å². The molecule has 0 amide bonds. The van der Waals surface area contributed by atoms with Gasteiger partial charge in [0.05, 0.1) is 0 Å². The molecular weight excluding hydrogens is 138 g/mol. The van der Waals surface area contributed by atoms with Crippen LogP contribution in [0, 0.1) is 0 Å². The average Bonchev–Trinajstić information content (AvgIpc) is 2.07. The second kappa shape index (κ2) is 4.79. The highest BCUT2D eigenvalue weighted by Gasteiger charge is 1.89. The lowest BCUT2D eigenvalue weighted by Crippen LogP contribution is -2.16. The van der Waals surface area contributed by atoms with Gasteiger partial charge in [0, 0.05) is 12.4 Å². The molecule has 0 aliphatic rings. The number of nitrogens with zero attached hydrogens (tertiary/aromatic N) is 2. The Balaban J connectivity index is 2.28. The number of likely N-dealkylation sites (N-methyl/N-ethyl adjacent to an activating group) is 1. The summed E-state index contributed by atoms with van der Waals surface area (Å²) in [5.41, 5.74) is 1.19. The molecule has 0 saturated carbocycles. The standard InChI is InChI=1S/C8H13N3/c1-2-9-4-3-8-5-10-7-11-6-8/h5-7,9H,2-4H2,1H3. The Morgan fingerprint density at radius 1 is 1.36 bits per heavy atom. The van der Waals surface area contributed by atoms with Gasteiger partial charge in [-0.2, -0.15) is 0 Å². The molecule has 0 saturated heterocycles. The van der Waals surface area contributed by atoms with Gasteiger partial charge in [-0.25, -0.2) is 9.97 Å². The molecule has 0 aliphatic heterocycles. The average molecular weight is 151 g/mol. The first-order valence-corrected chi connectivity index (χ1v) is 3.88. The molecule has 0 fully saturated rings. The Labute approximate surface area is 66.9 Å². The van der Waals surface area contributed by atoms with E-state index in [4.69, 9.17) is 0 Å². The van der Waals surface area contributed by atoms with Crippen LogP contribution in [0.1, 0.15) is 12.5 Å². The van der Waals surface area contributed by atoms with Gasteiger partial charge in [-0.05, 0) is 25.1 Å². The van der Waals surface area contributed by atoms with Crippen molar-refractivity contribution in [2.75, 3.05) is 13.1 Å². The second-order valence-corrected chi connectivity index (χ2v) is 2.35. The first kappa shape index (κ1) is 8.14. The van der Waals surface area contributed by atoms with Crippen molar-refractivity contribution < 1.29 is 0 Å². The minimum atomic E-state index is 1.00. The van der Waals surface area contributed by atoms with Gasteiger partial charge in [-0.1, -0.05) is 6.92 Å². The maximum absolute atomic E-state index is 3.92. The van der Waals surface area contributed by atoms with Crippen LogP contribution in [0.4, 0.5) is 0 Å². The highest BCUT2D eigenvalue weighted by Crippen LogP contribution is 1.91. The fraction of sp³-hybridized carbons (Fsp3) is 0.500. The van der Waals surface area contributed by atoms with Crippen LogP contribution in [0.25, 0.3) is 0 Å². The molecule has 60 valence electrons. The topological polar surface area (TPSA) is 37.8 Å². The van der Waals surface area contributed by atoms with E-state index in [2.05, 4.69) is 22.2 Å². The van der Waals surface area contributed by atoms with Crippen molar-refractivity contribution in [3.8, 4) is 0 Å². The van der Waals surface area contributed by atoms with E-state index in [1.807, 2.05) is 12.4 Å². The predicted molar refractivity (Wildman–Crippen MR) is 44.3 cm³/mol. The van der Waals surface area contributed by atoms with Crippen LogP contribution in [0.3, 0.4) is 0 Å². The summed E-state index contributed by atoms with van der Waals surface area (Å²) in [7, 11) is 0. The third-order valence-corrected chi connectivity index (χ3v) is 1.45. The maximum Gasteiger partial charge on any atom is 0.115 e. The molecule has 0 radical (unpaired) electrons. The summed E-state index contributed by atoms with van der Waals surface area (Å²) in [5.74, 6) is 0. The summed E-state index contributed by atoms with van der Waals surface area (Å²) in [6.45, 7) is 4.12. The largest absolute Gasteiger partial charge is 0.317 e. The van der Waals surface area contributed by atoms with Crippen molar-refractivity contribution in [2.45, 2.75) is 13.3 Å². The molecule has 0 aliphatic carbocycles. The third-order valence-electron chi connectivity index (χ3n) is 1.45. The van der Waals surface area contributed by atoms with Crippen LogP contribution >= 0.6 is 0 Å². The van der Waals surface area contributed by atoms with Crippen LogP contribution < -0.4 is 5.32 Å². The Bertz CT molecular complexity index is 186. The van der Waals surface area contributed by atoms with E-state index in [0.717, 1.165) is 19.5 Å². The third kappa shape index (κ3) is 3.09. The zero-order valence-electron chi connectivity index (χ0n) is 6.75. The monoisotopic (exact) mass is 151 g/mol. The minimum absolute atomic E-state index is 1.00. The second-order valence-electron chi connectivity index (χ2n) is 2.35. The molecule has 0 aromatic carbocycles. The Morgan fingerprint density at radius 2 is 2.09 bits per heavy atom. The van der Waals surface area contributed by atoms with Crippen LogP contribution in [-0.2, 0) is 6.42 Å². The molecule has 3 nitrogen and oxygen atoms in total. The van der Waals surface area contributed by atoms with Gasteiger partial charge in [0.15, 0.2) is 0 Å². The first-order chi connectivity index (χ1) is 5.43. The van der Waals surface area contributed by atoms with E-state index in [0.29, 0.717) is 0 Å². The van der Waals surface area contributed by atoms with Crippen molar-refractivity contribution in [3.63, 3.8) is 0 Å². The molecule has 3 heteroatoms. The zero-order valence-corrected chi connectivity index (χ0v) is 6.75. The number of rotatable bonds is 4. The minimum Gasteiger partial charge on any atom is -0.317 e. The van der Waals surface area contributed by atoms with Crippen LogP contribution in [-0.4, -0.2) is 23.1 Å². The van der Waals surface area contributed by atoms with Gasteiger partial charge in [-0.3, -0.25) is 0 Å². The fourth-order valence-corrected chi connectivity index (χ4v) is 0.869. The summed E-state index contributed by atoms with van der Waals surface area (Å²) in [6.07, 6.45) is 6.26. The molecule has 1 aromatic heterocycles. The summed E-state index contributed by atoms with van der Waals surface area (Å²) in [5, 5.41) is 3.24. The highest BCUT2D eigenvalue weighted by atomic mass is 14.8. The van der Waals surface area contributed by atoms with E-state index in [9.17, 15) is 0 Å². The predicted octanol–water partition coefficient (Wildman–Crippen LogP) is 0.629. The smallest absolute Gasteiger partial charge is 0.115 e. The lowest BCUT2D eigenvalue weighted by molar-refractivity contribution is 0.713. The summed E-state index contributed by atoms with van der Waals surface area (Å²) in [4.78, 5) is 7.85. The molecule has 11 heavy (non-hydrogen) atoms. The normalized spacial score (nSPS) is 9.91. The van der Waals surface area contributed by atoms with Gasteiger partial charge < -0.3 is 5.32 Å². The molecule has 1 heterocycles. The van der Waals surface area contributed by atoms with Crippen molar-refractivity contribution in [1.29, 1.82) is 0 Å². The molecule has 0 bridgehead atoms. The molecule has 0 atom stereocenters. The van der Waals surface area contributed by atoms with Crippen LogP contribution in [0.15, 0.2) is 18.7 Å². The van der Waals surface area contributed by atoms with Crippen molar-refractivity contribution in [3.05, 3.63) is 24.3 Å². The lowest BCUT2D eigenvalue weighted by Gasteiger charge is -1.99. The Hall–Kier alpha value is -0.960. The van der Waals surface area contributed by atoms with E-state index in [1.165, 1.54) is 5.56 Å². The number of hydrogen-bond donors (Lipinski definition) is 1. The van der Waals surface area contributed by atoms with Crippen LogP contribution in [0.5, 0.6) is 0 Å². The molecular formula is C8H13N3. The SMILES string of the molecule is CCNCCc1cncnc1. The van der Waals surface area contributed by atoms with Gasteiger partial charge in [0.1, 0.15) is 6.33 Å². The fourth-order valence-electron chi connectivity index (χ4n) is 0.869. The van der Waals surface area contributed by atoms with E-state index >= 15 is 0 Å². The van der Waals surface area contributed by atoms with E-state index in [-0.39, 0.29) is 0 Å². The maximum atomic E-state index is 3.92. The van der Waals surface area contributed by atoms with Gasteiger partial charge in [0.2, 0.25) is 0 Å². The van der Waals surface area contributed by atoms with Crippen LogP contribution in [0.2, 0.25) is 0 Å². The number of aromatic nitrogens is 2. The van der Waals surface area contributed by atoms with E-state index < -0.39 is 0 Å². The highest BCUT2D eigenvalue weighted by molar-refractivity contribution is 5.02. The Kier molecular flexibility index (Phi) is 3.55. The summed E-state index contributed by atoms with van der Waals surface area (Å²) < 4.78 is 0. The number of nitrogens with one attached hydrogen (secondary N) is 1. The zero-order chi connectivity index (χ0) is 7.94. The Morgan fingerprint density at radius 3 is 2.73 bits per heavy atom. The molecule has 1 aromatic rings. The molecule has 0 spiro atoms. The lowest BCUT2D eigenvalue weighted by atomic mass is 10.2.